The van der Waals surface area contributed by atoms with E-state index >= 15 is 0 Å². The molecule has 0 atom stereocenters. The fourth-order valence-electron chi connectivity index (χ4n) is 6.02. The van der Waals surface area contributed by atoms with E-state index in [1.54, 1.807) is 42.8 Å². The average Bonchev–Trinajstić information content (AvgIpc) is 3.68. The summed E-state index contributed by atoms with van der Waals surface area (Å²) in [5.74, 6) is 0. The SMILES string of the molecule is CCCCCCCCc1cc2c(nc3c4sc5c6c(ccc(c(=O)n23)c46)c(=O)n2c3cc(C)sc3nc52)s1. The number of thiophene rings is 3. The lowest BCUT2D eigenvalue weighted by atomic mass is 10.0. The number of fused-ring (bicyclic) bond motifs is 8. The molecular formula is C29H24N4O2S3. The van der Waals surface area contributed by atoms with Gasteiger partial charge in [0.05, 0.1) is 20.4 Å². The molecule has 1 aromatic carbocycles. The van der Waals surface area contributed by atoms with E-state index in [2.05, 4.69) is 13.0 Å². The first-order valence-corrected chi connectivity index (χ1v) is 15.7. The summed E-state index contributed by atoms with van der Waals surface area (Å²) in [6.45, 7) is 4.28. The summed E-state index contributed by atoms with van der Waals surface area (Å²) >= 11 is 4.90. The van der Waals surface area contributed by atoms with Gasteiger partial charge in [0, 0.05) is 31.3 Å². The molecule has 38 heavy (non-hydrogen) atoms. The summed E-state index contributed by atoms with van der Waals surface area (Å²) in [5, 5.41) is 2.98. The van der Waals surface area contributed by atoms with Gasteiger partial charge < -0.3 is 0 Å². The Labute approximate surface area is 228 Å². The molecule has 0 aliphatic rings. The number of aromatic nitrogens is 4. The Morgan fingerprint density at radius 1 is 0.737 bits per heavy atom. The lowest BCUT2D eigenvalue weighted by molar-refractivity contribution is 0.609. The molecule has 0 aliphatic heterocycles. The van der Waals surface area contributed by atoms with E-state index < -0.39 is 0 Å². The van der Waals surface area contributed by atoms with Crippen LogP contribution in [0.15, 0.2) is 33.9 Å². The second-order valence-corrected chi connectivity index (χ2v) is 13.7. The van der Waals surface area contributed by atoms with Crippen LogP contribution in [0.4, 0.5) is 0 Å². The first-order valence-electron chi connectivity index (χ1n) is 13.2. The third-order valence-electron chi connectivity index (χ3n) is 7.80. The molecule has 0 aliphatic carbocycles. The number of benzene rings is 1. The zero-order valence-corrected chi connectivity index (χ0v) is 23.5. The molecule has 0 saturated carbocycles. The highest BCUT2D eigenvalue weighted by molar-refractivity contribution is 7.27. The molecule has 0 amide bonds. The van der Waals surface area contributed by atoms with Gasteiger partial charge in [-0.3, -0.25) is 18.4 Å². The van der Waals surface area contributed by atoms with Gasteiger partial charge in [0.1, 0.15) is 9.66 Å². The Hall–Kier alpha value is -3.14. The van der Waals surface area contributed by atoms with E-state index in [0.29, 0.717) is 22.1 Å². The zero-order valence-electron chi connectivity index (χ0n) is 21.1. The van der Waals surface area contributed by atoms with Gasteiger partial charge in [-0.2, -0.15) is 0 Å². The van der Waals surface area contributed by atoms with Crippen LogP contribution in [0.25, 0.3) is 62.9 Å². The molecule has 0 unspecified atom stereocenters. The standard InChI is InChI=1S/C29H24N4O2S3/c1-3-4-5-6-7-8-9-15-13-19-27(37-15)31-25-23-21-17(29(35)33(19)25)11-10-16-20(21)22(38-23)24-30-26-18(12-14(2)36-26)32(24)28(16)34/h10-13H,3-9H2,1-2H3. The molecule has 0 saturated heterocycles. The molecule has 7 heterocycles. The second-order valence-electron chi connectivity index (χ2n) is 10.3. The number of unbranched alkanes of at least 4 members (excludes halogenated alkanes) is 5. The molecule has 8 aromatic rings. The first kappa shape index (κ1) is 22.8. The van der Waals surface area contributed by atoms with Gasteiger partial charge in [-0.15, -0.1) is 34.0 Å². The van der Waals surface area contributed by atoms with Crippen molar-refractivity contribution in [2.24, 2.45) is 0 Å². The van der Waals surface area contributed by atoms with Crippen LogP contribution < -0.4 is 11.1 Å². The minimum absolute atomic E-state index is 0.0622. The van der Waals surface area contributed by atoms with E-state index in [-0.39, 0.29) is 11.1 Å². The predicted octanol–water partition coefficient (Wildman–Crippen LogP) is 7.74. The minimum atomic E-state index is -0.0783. The number of nitrogens with zero attached hydrogens (tertiary/aromatic N) is 4. The monoisotopic (exact) mass is 556 g/mol. The fraction of sp³-hybridized carbons (Fsp3) is 0.310. The van der Waals surface area contributed by atoms with Gasteiger partial charge in [0.25, 0.3) is 11.1 Å². The van der Waals surface area contributed by atoms with Crippen molar-refractivity contribution in [2.45, 2.75) is 58.8 Å². The summed E-state index contributed by atoms with van der Waals surface area (Å²) in [6.07, 6.45) is 8.64. The highest BCUT2D eigenvalue weighted by Crippen LogP contribution is 2.43. The van der Waals surface area contributed by atoms with Gasteiger partial charge in [-0.05, 0) is 44.0 Å². The largest absolute Gasteiger partial charge is 0.268 e. The Morgan fingerprint density at radius 3 is 1.97 bits per heavy atom. The molecular weight excluding hydrogens is 533 g/mol. The van der Waals surface area contributed by atoms with E-state index in [4.69, 9.17) is 9.97 Å². The van der Waals surface area contributed by atoms with Crippen LogP contribution in [0.2, 0.25) is 0 Å². The van der Waals surface area contributed by atoms with Crippen molar-refractivity contribution in [3.8, 4) is 0 Å². The van der Waals surface area contributed by atoms with Crippen LogP contribution in [-0.2, 0) is 6.42 Å². The summed E-state index contributed by atoms with van der Waals surface area (Å²) in [5.41, 5.74) is 2.99. The summed E-state index contributed by atoms with van der Waals surface area (Å²) in [6, 6.07) is 7.85. The maximum atomic E-state index is 13.9. The topological polar surface area (TPSA) is 68.7 Å². The molecule has 6 nitrogen and oxygen atoms in total. The van der Waals surface area contributed by atoms with Crippen molar-refractivity contribution in [3.05, 3.63) is 54.7 Å². The minimum Gasteiger partial charge on any atom is -0.268 e. The van der Waals surface area contributed by atoms with E-state index in [9.17, 15) is 9.59 Å². The maximum Gasteiger partial charge on any atom is 0.264 e. The molecule has 190 valence electrons. The van der Waals surface area contributed by atoms with Crippen molar-refractivity contribution in [1.82, 2.24) is 18.8 Å². The molecule has 0 radical (unpaired) electrons. The number of hydrogen-bond acceptors (Lipinski definition) is 7. The predicted molar refractivity (Wildman–Crippen MR) is 162 cm³/mol. The zero-order chi connectivity index (χ0) is 25.7. The Morgan fingerprint density at radius 2 is 1.32 bits per heavy atom. The summed E-state index contributed by atoms with van der Waals surface area (Å²) in [4.78, 5) is 41.6. The number of rotatable bonds is 7. The van der Waals surface area contributed by atoms with Crippen molar-refractivity contribution in [2.75, 3.05) is 0 Å². The quantitative estimate of drug-likeness (QED) is 0.149. The van der Waals surface area contributed by atoms with E-state index in [1.807, 2.05) is 25.1 Å². The summed E-state index contributed by atoms with van der Waals surface area (Å²) < 4.78 is 5.44. The molecule has 8 rings (SSSR count). The lowest BCUT2D eigenvalue weighted by Crippen LogP contribution is -2.15. The maximum absolute atomic E-state index is 13.9. The number of imidazole rings is 2. The molecule has 7 aromatic heterocycles. The average molecular weight is 557 g/mol. The molecule has 9 heteroatoms. The molecule has 0 N–H and O–H groups in total. The van der Waals surface area contributed by atoms with Crippen molar-refractivity contribution < 1.29 is 0 Å². The third kappa shape index (κ3) is 2.98. The number of aryl methyl sites for hydroxylation is 2. The van der Waals surface area contributed by atoms with Gasteiger partial charge >= 0.3 is 0 Å². The van der Waals surface area contributed by atoms with Crippen molar-refractivity contribution in [1.29, 1.82) is 0 Å². The van der Waals surface area contributed by atoms with E-state index in [1.165, 1.54) is 43.4 Å². The third-order valence-corrected chi connectivity index (χ3v) is 11.0. The van der Waals surface area contributed by atoms with Crippen LogP contribution in [0.5, 0.6) is 0 Å². The van der Waals surface area contributed by atoms with Crippen molar-refractivity contribution in [3.63, 3.8) is 0 Å². The van der Waals surface area contributed by atoms with Gasteiger partial charge in [-0.1, -0.05) is 39.0 Å². The molecule has 0 fully saturated rings. The van der Waals surface area contributed by atoms with Crippen LogP contribution >= 0.6 is 34.0 Å². The Bertz CT molecular complexity index is 2300. The van der Waals surface area contributed by atoms with Crippen LogP contribution in [0.1, 0.15) is 55.2 Å². The Balaban J connectivity index is 1.35. The van der Waals surface area contributed by atoms with Crippen LogP contribution in [0, 0.1) is 6.92 Å². The second kappa shape index (κ2) is 8.18. The van der Waals surface area contributed by atoms with Gasteiger partial charge in [0.15, 0.2) is 11.3 Å². The van der Waals surface area contributed by atoms with Crippen LogP contribution in [0.3, 0.4) is 0 Å². The normalized spacial score (nSPS) is 12.9. The highest BCUT2D eigenvalue weighted by Gasteiger charge is 2.25. The molecule has 0 spiro atoms. The van der Waals surface area contributed by atoms with Gasteiger partial charge in [-0.25, -0.2) is 9.97 Å². The number of pyridine rings is 2. The number of hydrogen-bond donors (Lipinski definition) is 0. The Kier molecular flexibility index (Phi) is 4.91. The van der Waals surface area contributed by atoms with E-state index in [0.717, 1.165) is 52.2 Å². The summed E-state index contributed by atoms with van der Waals surface area (Å²) in [7, 11) is 0. The smallest absolute Gasteiger partial charge is 0.264 e. The van der Waals surface area contributed by atoms with Gasteiger partial charge in [0.2, 0.25) is 0 Å². The van der Waals surface area contributed by atoms with Crippen molar-refractivity contribution >= 4 is 96.9 Å². The van der Waals surface area contributed by atoms with Crippen LogP contribution in [-0.4, -0.2) is 18.8 Å². The fourth-order valence-corrected chi connectivity index (χ4v) is 9.22. The first-order chi connectivity index (χ1) is 18.5. The molecule has 0 bridgehead atoms. The highest BCUT2D eigenvalue weighted by atomic mass is 32.1. The lowest BCUT2D eigenvalue weighted by Gasteiger charge is -2.04.